The molecule has 2 heterocycles. The fourth-order valence-electron chi connectivity index (χ4n) is 4.68. The second-order valence-corrected chi connectivity index (χ2v) is 10.9. The normalized spacial score (nSPS) is 13.0. The number of hydrogen-bond donors (Lipinski definition) is 2. The number of carbonyl (C=O) groups is 2. The van der Waals surface area contributed by atoms with Crippen molar-refractivity contribution in [2.45, 2.75) is 38.8 Å². The van der Waals surface area contributed by atoms with Gasteiger partial charge >= 0.3 is 5.97 Å². The zero-order valence-corrected chi connectivity index (χ0v) is 24.8. The minimum Gasteiger partial charge on any atom is -0.493 e. The lowest BCUT2D eigenvalue weighted by molar-refractivity contribution is -0.155. The molecule has 0 radical (unpaired) electrons. The van der Waals surface area contributed by atoms with Crippen molar-refractivity contribution < 1.29 is 38.0 Å². The van der Waals surface area contributed by atoms with E-state index in [1.807, 2.05) is 19.2 Å². The van der Waals surface area contributed by atoms with Crippen LogP contribution in [0.1, 0.15) is 49.2 Å². The summed E-state index contributed by atoms with van der Waals surface area (Å²) in [7, 11) is 4.73. The van der Waals surface area contributed by atoms with Crippen LogP contribution in [-0.2, 0) is 16.6 Å². The minimum absolute atomic E-state index is 0.0953. The number of esters is 1. The summed E-state index contributed by atoms with van der Waals surface area (Å²) in [6.45, 7) is 5.44. The number of fused-ring (bicyclic) bond motifs is 2. The maximum absolute atomic E-state index is 13.7. The van der Waals surface area contributed by atoms with Gasteiger partial charge in [-0.2, -0.15) is 0 Å². The lowest BCUT2D eigenvalue weighted by atomic mass is 10.0. The Morgan fingerprint density at radius 1 is 1.02 bits per heavy atom. The molecule has 1 atom stereocenters. The standard InChI is InChI=1S/C31H34N4O8/c1-31(2,3)43-26(36)15-19(17-10-11-21-23(12-17)41-16-40-21)33-29(37)18-13-24(38-5)28(25(14-18)39-6)42-22-9-7-8-20-27(22)34-30(32)35(20)4/h7-14,19H,15-16H2,1-6H3,(H2,32,34)(H,33,37)/t19-/m0/s1. The van der Waals surface area contributed by atoms with Crippen LogP contribution in [0.5, 0.6) is 34.5 Å². The van der Waals surface area contributed by atoms with E-state index in [0.29, 0.717) is 34.3 Å². The van der Waals surface area contributed by atoms with Gasteiger partial charge < -0.3 is 44.0 Å². The number of methoxy groups -OCH3 is 2. The van der Waals surface area contributed by atoms with Gasteiger partial charge in [-0.15, -0.1) is 0 Å². The Morgan fingerprint density at radius 3 is 2.40 bits per heavy atom. The van der Waals surface area contributed by atoms with Crippen LogP contribution in [0.2, 0.25) is 0 Å². The molecule has 0 bridgehead atoms. The molecule has 0 unspecified atom stereocenters. The van der Waals surface area contributed by atoms with E-state index in [4.69, 9.17) is 34.2 Å². The molecule has 12 nitrogen and oxygen atoms in total. The average Bonchev–Trinajstić information content (AvgIpc) is 3.55. The summed E-state index contributed by atoms with van der Waals surface area (Å²) < 4.78 is 35.7. The number of nitrogen functional groups attached to an aromatic ring is 1. The van der Waals surface area contributed by atoms with Crippen molar-refractivity contribution in [3.63, 3.8) is 0 Å². The third-order valence-corrected chi connectivity index (χ3v) is 6.74. The van der Waals surface area contributed by atoms with Crippen LogP contribution in [0, 0.1) is 0 Å². The van der Waals surface area contributed by atoms with Crippen molar-refractivity contribution in [1.82, 2.24) is 14.9 Å². The van der Waals surface area contributed by atoms with E-state index in [1.165, 1.54) is 26.4 Å². The highest BCUT2D eigenvalue weighted by atomic mass is 16.7. The number of aryl methyl sites for hydroxylation is 1. The van der Waals surface area contributed by atoms with E-state index in [0.717, 1.165) is 5.52 Å². The van der Waals surface area contributed by atoms with Gasteiger partial charge in [0.1, 0.15) is 11.1 Å². The van der Waals surface area contributed by atoms with Gasteiger partial charge in [-0.05, 0) is 62.7 Å². The van der Waals surface area contributed by atoms with Crippen molar-refractivity contribution in [3.8, 4) is 34.5 Å². The average molecular weight is 591 g/mol. The molecule has 0 fully saturated rings. The summed E-state index contributed by atoms with van der Waals surface area (Å²) in [4.78, 5) is 30.9. The molecule has 3 aromatic carbocycles. The van der Waals surface area contributed by atoms with Crippen LogP contribution in [-0.4, -0.2) is 48.0 Å². The topological polar surface area (TPSA) is 145 Å². The number of rotatable bonds is 9. The molecule has 0 aliphatic carbocycles. The maximum Gasteiger partial charge on any atom is 0.308 e. The highest BCUT2D eigenvalue weighted by Crippen LogP contribution is 2.43. The molecule has 1 aliphatic rings. The van der Waals surface area contributed by atoms with Crippen LogP contribution < -0.4 is 34.7 Å². The van der Waals surface area contributed by atoms with Gasteiger partial charge in [0.15, 0.2) is 28.7 Å². The number of nitrogens with one attached hydrogen (secondary N) is 1. The maximum atomic E-state index is 13.7. The molecule has 4 aromatic rings. The van der Waals surface area contributed by atoms with Gasteiger partial charge in [-0.25, -0.2) is 4.98 Å². The first-order chi connectivity index (χ1) is 20.5. The number of carbonyl (C=O) groups excluding carboxylic acids is 2. The van der Waals surface area contributed by atoms with E-state index < -0.39 is 23.5 Å². The molecule has 12 heteroatoms. The van der Waals surface area contributed by atoms with Crippen molar-refractivity contribution in [1.29, 1.82) is 0 Å². The number of amides is 1. The molecule has 1 aliphatic heterocycles. The van der Waals surface area contributed by atoms with E-state index in [-0.39, 0.29) is 36.0 Å². The lowest BCUT2D eigenvalue weighted by Gasteiger charge is -2.24. The Kier molecular flexibility index (Phi) is 7.94. The summed E-state index contributed by atoms with van der Waals surface area (Å²) >= 11 is 0. The number of nitrogens with two attached hydrogens (primary N) is 1. The molecule has 3 N–H and O–H groups in total. The van der Waals surface area contributed by atoms with Crippen LogP contribution in [0.3, 0.4) is 0 Å². The Morgan fingerprint density at radius 2 is 1.72 bits per heavy atom. The number of ether oxygens (including phenoxy) is 6. The molecule has 0 spiro atoms. The first kappa shape index (κ1) is 29.4. The summed E-state index contributed by atoms with van der Waals surface area (Å²) in [5.41, 5.74) is 7.52. The summed E-state index contributed by atoms with van der Waals surface area (Å²) in [5, 5.41) is 2.95. The molecular weight excluding hydrogens is 556 g/mol. The Balaban J connectivity index is 1.45. The molecule has 0 saturated heterocycles. The number of nitrogens with zero attached hydrogens (tertiary/aromatic N) is 2. The number of aromatic nitrogens is 2. The van der Waals surface area contributed by atoms with Crippen molar-refractivity contribution in [2.24, 2.45) is 7.05 Å². The number of para-hydroxylation sites is 1. The van der Waals surface area contributed by atoms with Crippen molar-refractivity contribution in [2.75, 3.05) is 26.7 Å². The molecule has 1 amide bonds. The summed E-state index contributed by atoms with van der Waals surface area (Å²) in [5.74, 6) is 1.66. The SMILES string of the molecule is COc1cc(C(=O)N[C@@H](CC(=O)OC(C)(C)C)c2ccc3c(c2)OCO3)cc(OC)c1Oc1cccc2c1nc(N)n2C. The number of benzene rings is 3. The summed E-state index contributed by atoms with van der Waals surface area (Å²) in [6, 6.07) is 13.0. The third kappa shape index (κ3) is 6.22. The quantitative estimate of drug-likeness (QED) is 0.258. The lowest BCUT2D eigenvalue weighted by Crippen LogP contribution is -2.32. The summed E-state index contributed by atoms with van der Waals surface area (Å²) in [6.07, 6.45) is -0.116. The van der Waals surface area contributed by atoms with E-state index in [9.17, 15) is 9.59 Å². The number of anilines is 1. The highest BCUT2D eigenvalue weighted by Gasteiger charge is 2.27. The molecule has 5 rings (SSSR count). The zero-order valence-electron chi connectivity index (χ0n) is 24.8. The zero-order chi connectivity index (χ0) is 30.9. The van der Waals surface area contributed by atoms with Crippen LogP contribution in [0.4, 0.5) is 5.95 Å². The smallest absolute Gasteiger partial charge is 0.308 e. The molecule has 226 valence electrons. The monoisotopic (exact) mass is 590 g/mol. The fraction of sp³-hybridized carbons (Fsp3) is 0.323. The second-order valence-electron chi connectivity index (χ2n) is 10.9. The fourth-order valence-corrected chi connectivity index (χ4v) is 4.68. The minimum atomic E-state index is -0.739. The molecule has 0 saturated carbocycles. The van der Waals surface area contributed by atoms with Gasteiger partial charge in [-0.1, -0.05) is 12.1 Å². The number of imidazole rings is 1. The first-order valence-corrected chi connectivity index (χ1v) is 13.5. The molecule has 43 heavy (non-hydrogen) atoms. The van der Waals surface area contributed by atoms with E-state index in [1.54, 1.807) is 49.6 Å². The first-order valence-electron chi connectivity index (χ1n) is 13.5. The number of hydrogen-bond acceptors (Lipinski definition) is 10. The Labute approximate surface area is 248 Å². The molecular formula is C31H34N4O8. The second kappa shape index (κ2) is 11.6. The Hall–Kier alpha value is -5.13. The highest BCUT2D eigenvalue weighted by molar-refractivity contribution is 5.96. The van der Waals surface area contributed by atoms with Crippen molar-refractivity contribution >= 4 is 28.9 Å². The van der Waals surface area contributed by atoms with E-state index in [2.05, 4.69) is 10.3 Å². The largest absolute Gasteiger partial charge is 0.493 e. The molecule has 1 aromatic heterocycles. The van der Waals surface area contributed by atoms with Gasteiger partial charge in [0.2, 0.25) is 18.5 Å². The van der Waals surface area contributed by atoms with Gasteiger partial charge in [0.05, 0.1) is 32.2 Å². The van der Waals surface area contributed by atoms with Gasteiger partial charge in [-0.3, -0.25) is 9.59 Å². The van der Waals surface area contributed by atoms with Gasteiger partial charge in [0.25, 0.3) is 5.91 Å². The van der Waals surface area contributed by atoms with Crippen LogP contribution in [0.15, 0.2) is 48.5 Å². The predicted octanol–water partition coefficient (Wildman–Crippen LogP) is 4.90. The van der Waals surface area contributed by atoms with Crippen LogP contribution in [0.25, 0.3) is 11.0 Å². The predicted molar refractivity (Wildman–Crippen MR) is 158 cm³/mol. The van der Waals surface area contributed by atoms with Crippen LogP contribution >= 0.6 is 0 Å². The Bertz CT molecular complexity index is 1670. The van der Waals surface area contributed by atoms with E-state index >= 15 is 0 Å². The van der Waals surface area contributed by atoms with Gasteiger partial charge in [0, 0.05) is 12.6 Å². The van der Waals surface area contributed by atoms with Crippen molar-refractivity contribution in [3.05, 3.63) is 59.7 Å². The third-order valence-electron chi connectivity index (χ3n) is 6.74.